The molecule has 0 saturated heterocycles. The second kappa shape index (κ2) is 6.64. The van der Waals surface area contributed by atoms with Crippen molar-refractivity contribution < 1.29 is 19.1 Å². The molecule has 1 aromatic rings. The first-order valence-electron chi connectivity index (χ1n) is 5.70. The van der Waals surface area contributed by atoms with E-state index in [-0.39, 0.29) is 18.0 Å². The molecule has 0 atom stereocenters. The molecule has 1 rings (SSSR count). The number of primary amides is 1. The Kier molecular flexibility index (Phi) is 5.17. The average Bonchev–Trinajstić information content (AvgIpc) is 2.36. The van der Waals surface area contributed by atoms with Gasteiger partial charge in [-0.3, -0.25) is 9.59 Å². The van der Waals surface area contributed by atoms with Gasteiger partial charge in [0.25, 0.3) is 0 Å². The number of carbonyl (C=O) groups excluding carboxylic acids is 2. The van der Waals surface area contributed by atoms with Crippen molar-refractivity contribution in [2.45, 2.75) is 19.8 Å². The number of hydrogen-bond acceptors (Lipinski definition) is 4. The van der Waals surface area contributed by atoms with Gasteiger partial charge >= 0.3 is 0 Å². The monoisotopic (exact) mass is 251 g/mol. The number of hydrogen-bond donors (Lipinski definition) is 1. The summed E-state index contributed by atoms with van der Waals surface area (Å²) in [6.07, 6.45) is 1.26. The molecule has 0 aliphatic heterocycles. The van der Waals surface area contributed by atoms with Gasteiger partial charge in [-0.05, 0) is 18.6 Å². The van der Waals surface area contributed by atoms with E-state index in [0.717, 1.165) is 6.42 Å². The summed E-state index contributed by atoms with van der Waals surface area (Å²) in [5.74, 6) is 0.302. The Hall–Kier alpha value is -2.04. The lowest BCUT2D eigenvalue weighted by Crippen LogP contribution is -2.13. The van der Waals surface area contributed by atoms with Crippen LogP contribution < -0.4 is 15.2 Å². The van der Waals surface area contributed by atoms with Crippen LogP contribution in [0, 0.1) is 0 Å². The van der Waals surface area contributed by atoms with Gasteiger partial charge in [0.1, 0.15) is 18.1 Å². The first-order chi connectivity index (χ1) is 8.56. The maximum Gasteiger partial charge on any atom is 0.248 e. The van der Waals surface area contributed by atoms with Crippen molar-refractivity contribution in [1.29, 1.82) is 0 Å². The van der Waals surface area contributed by atoms with E-state index in [1.165, 1.54) is 19.2 Å². The van der Waals surface area contributed by atoms with Crippen LogP contribution in [0.3, 0.4) is 0 Å². The molecule has 0 heterocycles. The molecule has 0 radical (unpaired) electrons. The third kappa shape index (κ3) is 4.08. The highest BCUT2D eigenvalue weighted by Crippen LogP contribution is 2.22. The van der Waals surface area contributed by atoms with Gasteiger partial charge in [0.2, 0.25) is 5.91 Å². The number of benzene rings is 1. The zero-order valence-electron chi connectivity index (χ0n) is 10.6. The lowest BCUT2D eigenvalue weighted by atomic mass is 10.2. The van der Waals surface area contributed by atoms with Crippen molar-refractivity contribution in [2.75, 3.05) is 13.7 Å². The second-order valence-corrected chi connectivity index (χ2v) is 3.84. The lowest BCUT2D eigenvalue weighted by molar-refractivity contribution is -0.121. The van der Waals surface area contributed by atoms with E-state index in [4.69, 9.17) is 15.2 Å². The standard InChI is InChI=1S/C13H17NO4/c1-3-4-10(15)8-18-12-6-9(13(14)16)5-11(7-12)17-2/h5-7H,3-4,8H2,1-2H3,(H2,14,16). The Labute approximate surface area is 106 Å². The van der Waals surface area contributed by atoms with Gasteiger partial charge in [-0.1, -0.05) is 6.92 Å². The maximum atomic E-state index is 11.3. The van der Waals surface area contributed by atoms with E-state index in [0.29, 0.717) is 17.9 Å². The van der Waals surface area contributed by atoms with E-state index in [1.54, 1.807) is 6.07 Å². The molecular weight excluding hydrogens is 234 g/mol. The second-order valence-electron chi connectivity index (χ2n) is 3.84. The highest BCUT2D eigenvalue weighted by atomic mass is 16.5. The van der Waals surface area contributed by atoms with E-state index in [2.05, 4.69) is 0 Å². The number of methoxy groups -OCH3 is 1. The number of rotatable bonds is 7. The van der Waals surface area contributed by atoms with Crippen LogP contribution in [0.2, 0.25) is 0 Å². The van der Waals surface area contributed by atoms with E-state index >= 15 is 0 Å². The van der Waals surface area contributed by atoms with Gasteiger partial charge in [-0.15, -0.1) is 0 Å². The SMILES string of the molecule is CCCC(=O)COc1cc(OC)cc(C(N)=O)c1. The Morgan fingerprint density at radius 1 is 1.22 bits per heavy atom. The Balaban J connectivity index is 2.78. The highest BCUT2D eigenvalue weighted by Gasteiger charge is 2.08. The van der Waals surface area contributed by atoms with Crippen LogP contribution in [0.5, 0.6) is 11.5 Å². The fourth-order valence-electron chi connectivity index (χ4n) is 1.43. The summed E-state index contributed by atoms with van der Waals surface area (Å²) in [5.41, 5.74) is 5.48. The van der Waals surface area contributed by atoms with Gasteiger partial charge < -0.3 is 15.2 Å². The van der Waals surface area contributed by atoms with Gasteiger partial charge in [-0.2, -0.15) is 0 Å². The van der Waals surface area contributed by atoms with E-state index in [9.17, 15) is 9.59 Å². The minimum atomic E-state index is -0.571. The van der Waals surface area contributed by atoms with Crippen molar-refractivity contribution in [1.82, 2.24) is 0 Å². The topological polar surface area (TPSA) is 78.6 Å². The zero-order chi connectivity index (χ0) is 13.5. The molecule has 5 heteroatoms. The molecule has 0 aliphatic rings. The minimum absolute atomic E-state index is 0.0147. The summed E-state index contributed by atoms with van der Waals surface area (Å²) in [6.45, 7) is 1.91. The molecule has 98 valence electrons. The summed E-state index contributed by atoms with van der Waals surface area (Å²) in [6, 6.07) is 4.61. The average molecular weight is 251 g/mol. The van der Waals surface area contributed by atoms with Crippen molar-refractivity contribution >= 4 is 11.7 Å². The number of ketones is 1. The van der Waals surface area contributed by atoms with Crippen LogP contribution in [0.15, 0.2) is 18.2 Å². The van der Waals surface area contributed by atoms with Gasteiger partial charge in [0.15, 0.2) is 5.78 Å². The van der Waals surface area contributed by atoms with Crippen molar-refractivity contribution in [3.05, 3.63) is 23.8 Å². The van der Waals surface area contributed by atoms with Crippen LogP contribution >= 0.6 is 0 Å². The molecule has 2 N–H and O–H groups in total. The van der Waals surface area contributed by atoms with Crippen LogP contribution in [0.25, 0.3) is 0 Å². The van der Waals surface area contributed by atoms with Gasteiger partial charge in [0, 0.05) is 18.1 Å². The summed E-state index contributed by atoms with van der Waals surface area (Å²) < 4.78 is 10.3. The molecule has 5 nitrogen and oxygen atoms in total. The third-order valence-electron chi connectivity index (χ3n) is 2.33. The predicted molar refractivity (Wildman–Crippen MR) is 66.9 cm³/mol. The molecule has 1 aromatic carbocycles. The Morgan fingerprint density at radius 2 is 1.89 bits per heavy atom. The number of ether oxygens (including phenoxy) is 2. The summed E-state index contributed by atoms with van der Waals surface area (Å²) in [7, 11) is 1.48. The predicted octanol–water partition coefficient (Wildman–Crippen LogP) is 1.54. The smallest absolute Gasteiger partial charge is 0.248 e. The molecule has 0 bridgehead atoms. The number of nitrogens with two attached hydrogens (primary N) is 1. The largest absolute Gasteiger partial charge is 0.497 e. The van der Waals surface area contributed by atoms with Gasteiger partial charge in [-0.25, -0.2) is 0 Å². The zero-order valence-corrected chi connectivity index (χ0v) is 10.6. The van der Waals surface area contributed by atoms with Crippen molar-refractivity contribution in [3.8, 4) is 11.5 Å². The van der Waals surface area contributed by atoms with Gasteiger partial charge in [0.05, 0.1) is 7.11 Å². The summed E-state index contributed by atoms with van der Waals surface area (Å²) in [4.78, 5) is 22.4. The van der Waals surface area contributed by atoms with Crippen LogP contribution in [0.1, 0.15) is 30.1 Å². The number of Topliss-reactive ketones (excluding diaryl/α,β-unsaturated/α-hetero) is 1. The third-order valence-corrected chi connectivity index (χ3v) is 2.33. The number of carbonyl (C=O) groups is 2. The molecule has 0 spiro atoms. The van der Waals surface area contributed by atoms with Crippen LogP contribution in [-0.2, 0) is 4.79 Å². The number of amides is 1. The Morgan fingerprint density at radius 3 is 2.44 bits per heavy atom. The molecule has 0 aromatic heterocycles. The molecule has 18 heavy (non-hydrogen) atoms. The van der Waals surface area contributed by atoms with Crippen molar-refractivity contribution in [2.24, 2.45) is 5.73 Å². The lowest BCUT2D eigenvalue weighted by Gasteiger charge is -2.08. The molecule has 0 unspecified atom stereocenters. The fraction of sp³-hybridized carbons (Fsp3) is 0.385. The van der Waals surface area contributed by atoms with E-state index < -0.39 is 5.91 Å². The fourth-order valence-corrected chi connectivity index (χ4v) is 1.43. The van der Waals surface area contributed by atoms with Crippen LogP contribution in [0.4, 0.5) is 0 Å². The highest BCUT2D eigenvalue weighted by molar-refractivity contribution is 5.93. The molecule has 0 saturated carbocycles. The van der Waals surface area contributed by atoms with Crippen molar-refractivity contribution in [3.63, 3.8) is 0 Å². The molecule has 1 amide bonds. The first kappa shape index (κ1) is 14.0. The normalized spacial score (nSPS) is 9.89. The molecular formula is C13H17NO4. The Bertz CT molecular complexity index is 443. The maximum absolute atomic E-state index is 11.3. The first-order valence-corrected chi connectivity index (χ1v) is 5.70. The quantitative estimate of drug-likeness (QED) is 0.797. The minimum Gasteiger partial charge on any atom is -0.497 e. The molecule has 0 fully saturated rings. The van der Waals surface area contributed by atoms with Crippen LogP contribution in [-0.4, -0.2) is 25.4 Å². The summed E-state index contributed by atoms with van der Waals surface area (Å²) in [5, 5.41) is 0. The van der Waals surface area contributed by atoms with E-state index in [1.807, 2.05) is 6.92 Å². The summed E-state index contributed by atoms with van der Waals surface area (Å²) >= 11 is 0. The molecule has 0 aliphatic carbocycles.